The monoisotopic (exact) mass is 334 g/mol. The summed E-state index contributed by atoms with van der Waals surface area (Å²) in [6, 6.07) is 0.0440. The zero-order valence-electron chi connectivity index (χ0n) is 16.0. The molecule has 1 N–H and O–H groups in total. The molecule has 0 saturated carbocycles. The van der Waals surface area contributed by atoms with E-state index in [2.05, 4.69) is 44.1 Å². The summed E-state index contributed by atoms with van der Waals surface area (Å²) < 4.78 is 0. The Morgan fingerprint density at radius 2 is 1.92 bits per heavy atom. The second kappa shape index (κ2) is 11.0. The molecule has 0 aliphatic carbocycles. The van der Waals surface area contributed by atoms with Gasteiger partial charge in [-0.05, 0) is 42.9 Å². The fourth-order valence-corrected chi connectivity index (χ4v) is 2.76. The van der Waals surface area contributed by atoms with Crippen LogP contribution in [0.15, 0.2) is 36.1 Å². The van der Waals surface area contributed by atoms with Gasteiger partial charge >= 0.3 is 0 Å². The van der Waals surface area contributed by atoms with Crippen molar-refractivity contribution in [1.29, 1.82) is 0 Å². The Morgan fingerprint density at radius 3 is 2.33 bits per heavy atom. The minimum absolute atomic E-state index is 0.0440. The lowest BCUT2D eigenvalue weighted by Gasteiger charge is -2.31. The SMILES string of the molecule is C=CC/C(CN(C)C(CCC=O)C(=C)NC)=C(/C=O)CC(C)(C)C. The lowest BCUT2D eigenvalue weighted by molar-refractivity contribution is -0.108. The van der Waals surface area contributed by atoms with Crippen molar-refractivity contribution in [3.05, 3.63) is 36.1 Å². The summed E-state index contributed by atoms with van der Waals surface area (Å²) >= 11 is 0. The summed E-state index contributed by atoms with van der Waals surface area (Å²) in [5.74, 6) is 0. The molecular weight excluding hydrogens is 300 g/mol. The molecule has 24 heavy (non-hydrogen) atoms. The molecule has 0 aliphatic rings. The fourth-order valence-electron chi connectivity index (χ4n) is 2.76. The molecule has 4 nitrogen and oxygen atoms in total. The standard InChI is InChI=1S/C20H34N2O2/c1-8-10-17(18(15-24)13-20(3,4)5)14-22(7)19(11-9-12-23)16(2)21-6/h8,12,15,19,21H,1-2,9-11,13-14H2,3-7H3/b18-17-. The molecule has 0 aromatic heterocycles. The lowest BCUT2D eigenvalue weighted by atomic mass is 9.85. The number of allylic oxidation sites excluding steroid dienone is 2. The molecule has 1 unspecified atom stereocenters. The average molecular weight is 335 g/mol. The molecule has 136 valence electrons. The van der Waals surface area contributed by atoms with Crippen LogP contribution in [0, 0.1) is 5.41 Å². The van der Waals surface area contributed by atoms with Crippen LogP contribution >= 0.6 is 0 Å². The first kappa shape index (κ1) is 22.3. The van der Waals surface area contributed by atoms with Gasteiger partial charge in [0, 0.05) is 31.8 Å². The van der Waals surface area contributed by atoms with E-state index in [4.69, 9.17) is 0 Å². The van der Waals surface area contributed by atoms with Crippen molar-refractivity contribution in [2.24, 2.45) is 5.41 Å². The van der Waals surface area contributed by atoms with Gasteiger partial charge in [-0.3, -0.25) is 9.69 Å². The van der Waals surface area contributed by atoms with E-state index < -0.39 is 0 Å². The third kappa shape index (κ3) is 8.25. The molecule has 0 aliphatic heterocycles. The van der Waals surface area contributed by atoms with E-state index in [0.29, 0.717) is 25.8 Å². The Labute approximate surface area is 147 Å². The molecule has 0 heterocycles. The molecule has 0 bridgehead atoms. The fraction of sp³-hybridized carbons (Fsp3) is 0.600. The number of nitrogens with one attached hydrogen (secondary N) is 1. The summed E-state index contributed by atoms with van der Waals surface area (Å²) in [6.45, 7) is 14.9. The highest BCUT2D eigenvalue weighted by Crippen LogP contribution is 2.27. The molecule has 0 amide bonds. The van der Waals surface area contributed by atoms with E-state index in [1.807, 2.05) is 20.2 Å². The van der Waals surface area contributed by atoms with Gasteiger partial charge in [-0.25, -0.2) is 0 Å². The van der Waals surface area contributed by atoms with Crippen LogP contribution in [0.25, 0.3) is 0 Å². The number of carbonyl (C=O) groups is 2. The van der Waals surface area contributed by atoms with E-state index in [1.54, 1.807) is 0 Å². The maximum Gasteiger partial charge on any atom is 0.146 e. The molecule has 0 aromatic rings. The number of aldehydes is 2. The summed E-state index contributed by atoms with van der Waals surface area (Å²) in [4.78, 5) is 24.5. The van der Waals surface area contributed by atoms with Gasteiger partial charge in [-0.2, -0.15) is 0 Å². The third-order valence-electron chi connectivity index (χ3n) is 3.96. The van der Waals surface area contributed by atoms with Crippen molar-refractivity contribution in [1.82, 2.24) is 10.2 Å². The van der Waals surface area contributed by atoms with Gasteiger partial charge in [0.1, 0.15) is 12.6 Å². The molecule has 1 atom stereocenters. The number of hydrogen-bond donors (Lipinski definition) is 1. The molecule has 0 fully saturated rings. The number of nitrogens with zero attached hydrogens (tertiary/aromatic N) is 1. The van der Waals surface area contributed by atoms with Crippen molar-refractivity contribution in [3.63, 3.8) is 0 Å². The molecule has 0 saturated heterocycles. The zero-order valence-corrected chi connectivity index (χ0v) is 16.0. The Balaban J connectivity index is 5.44. The van der Waals surface area contributed by atoms with Crippen LogP contribution in [0.2, 0.25) is 0 Å². The second-order valence-corrected chi connectivity index (χ2v) is 7.43. The van der Waals surface area contributed by atoms with Crippen LogP contribution < -0.4 is 5.32 Å². The lowest BCUT2D eigenvalue weighted by Crippen LogP contribution is -2.38. The Morgan fingerprint density at radius 1 is 1.29 bits per heavy atom. The average Bonchev–Trinajstić information content (AvgIpc) is 2.51. The molecule has 4 heteroatoms. The highest BCUT2D eigenvalue weighted by atomic mass is 16.1. The van der Waals surface area contributed by atoms with Gasteiger partial charge in [-0.15, -0.1) is 6.58 Å². The van der Waals surface area contributed by atoms with Crippen molar-refractivity contribution in [2.45, 2.75) is 52.5 Å². The van der Waals surface area contributed by atoms with Crippen LogP contribution in [-0.2, 0) is 9.59 Å². The van der Waals surface area contributed by atoms with Gasteiger partial charge in [0.2, 0.25) is 0 Å². The van der Waals surface area contributed by atoms with Crippen LogP contribution in [0.1, 0.15) is 46.5 Å². The van der Waals surface area contributed by atoms with Crippen LogP contribution in [0.4, 0.5) is 0 Å². The van der Waals surface area contributed by atoms with E-state index in [-0.39, 0.29) is 11.5 Å². The Kier molecular flexibility index (Phi) is 10.2. The number of likely N-dealkylation sites (N-methyl/N-ethyl adjacent to an activating group) is 2. The highest BCUT2D eigenvalue weighted by Gasteiger charge is 2.21. The maximum absolute atomic E-state index is 11.6. The predicted octanol–water partition coefficient (Wildman–Crippen LogP) is 3.51. The molecule has 0 rings (SSSR count). The molecule has 0 spiro atoms. The summed E-state index contributed by atoms with van der Waals surface area (Å²) in [7, 11) is 3.83. The minimum Gasteiger partial charge on any atom is -0.391 e. The zero-order chi connectivity index (χ0) is 18.8. The first-order valence-electron chi connectivity index (χ1n) is 8.47. The number of carbonyl (C=O) groups excluding carboxylic acids is 2. The van der Waals surface area contributed by atoms with Gasteiger partial charge in [0.25, 0.3) is 0 Å². The maximum atomic E-state index is 11.6. The van der Waals surface area contributed by atoms with Crippen LogP contribution in [-0.4, -0.2) is 44.2 Å². The van der Waals surface area contributed by atoms with Crippen LogP contribution in [0.5, 0.6) is 0 Å². The Hall–Kier alpha value is -1.68. The van der Waals surface area contributed by atoms with Crippen molar-refractivity contribution in [3.8, 4) is 0 Å². The van der Waals surface area contributed by atoms with Gasteiger partial charge in [-0.1, -0.05) is 33.4 Å². The second-order valence-electron chi connectivity index (χ2n) is 7.43. The normalized spacial score (nSPS) is 13.9. The smallest absolute Gasteiger partial charge is 0.146 e. The summed E-state index contributed by atoms with van der Waals surface area (Å²) in [6.07, 6.45) is 6.35. The first-order valence-corrected chi connectivity index (χ1v) is 8.47. The summed E-state index contributed by atoms with van der Waals surface area (Å²) in [5.41, 5.74) is 2.85. The Bertz CT molecular complexity index is 473. The van der Waals surface area contributed by atoms with E-state index in [1.165, 1.54) is 0 Å². The largest absolute Gasteiger partial charge is 0.391 e. The van der Waals surface area contributed by atoms with Crippen LogP contribution in [0.3, 0.4) is 0 Å². The topological polar surface area (TPSA) is 49.4 Å². The third-order valence-corrected chi connectivity index (χ3v) is 3.96. The van der Waals surface area contributed by atoms with E-state index >= 15 is 0 Å². The van der Waals surface area contributed by atoms with Crippen molar-refractivity contribution >= 4 is 12.6 Å². The first-order chi connectivity index (χ1) is 11.2. The molecular formula is C20H34N2O2. The number of rotatable bonds is 12. The summed E-state index contributed by atoms with van der Waals surface area (Å²) in [5, 5.41) is 3.08. The van der Waals surface area contributed by atoms with E-state index in [0.717, 1.165) is 35.8 Å². The number of hydrogen-bond acceptors (Lipinski definition) is 4. The predicted molar refractivity (Wildman–Crippen MR) is 102 cm³/mol. The van der Waals surface area contributed by atoms with Crippen molar-refractivity contribution in [2.75, 3.05) is 20.6 Å². The molecule has 0 aromatic carbocycles. The minimum atomic E-state index is 0.0440. The van der Waals surface area contributed by atoms with E-state index in [9.17, 15) is 9.59 Å². The quantitative estimate of drug-likeness (QED) is 0.337. The van der Waals surface area contributed by atoms with Gasteiger partial charge in [0.05, 0.1) is 0 Å². The highest BCUT2D eigenvalue weighted by molar-refractivity contribution is 5.75. The molecule has 0 radical (unpaired) electrons. The van der Waals surface area contributed by atoms with Gasteiger partial charge < -0.3 is 10.1 Å². The van der Waals surface area contributed by atoms with Crippen molar-refractivity contribution < 1.29 is 9.59 Å². The van der Waals surface area contributed by atoms with Gasteiger partial charge in [0.15, 0.2) is 0 Å².